The number of hydrogen-bond acceptors (Lipinski definition) is 3. The van der Waals surface area contributed by atoms with E-state index >= 15 is 0 Å². The monoisotopic (exact) mass is 529 g/mol. The predicted octanol–water partition coefficient (Wildman–Crippen LogP) is 7.37. The standard InChI is InChI=1S/C32H30F3N3O/c1-21-5-4-7-29(30(21)23-8-13-25(14-9-23)32(33,34)35)31(39)38-27-17-11-22-10-15-26(16-12-24(22)19-27)37-20-28-6-2-3-18-36-28/h2-9,11,13-14,17-19,26,37H,10,12,15-16,20H2,1H3,(H,38,39). The normalized spacial score (nSPS) is 15.3. The fraction of sp³-hybridized carbons (Fsp3) is 0.250. The Morgan fingerprint density at radius 3 is 2.41 bits per heavy atom. The lowest BCUT2D eigenvalue weighted by Gasteiger charge is -2.15. The molecule has 7 heteroatoms. The second-order valence-electron chi connectivity index (χ2n) is 9.99. The molecule has 0 fully saturated rings. The van der Waals surface area contributed by atoms with Gasteiger partial charge in [-0.25, -0.2) is 0 Å². The van der Waals surface area contributed by atoms with E-state index in [1.807, 2.05) is 43.3 Å². The molecule has 39 heavy (non-hydrogen) atoms. The fourth-order valence-electron chi connectivity index (χ4n) is 5.20. The summed E-state index contributed by atoms with van der Waals surface area (Å²) in [5.74, 6) is -0.294. The Hall–Kier alpha value is -3.97. The van der Waals surface area contributed by atoms with Crippen LogP contribution in [0.3, 0.4) is 0 Å². The Bertz CT molecular complexity index is 1450. The first-order valence-corrected chi connectivity index (χ1v) is 13.1. The minimum absolute atomic E-state index is 0.294. The van der Waals surface area contributed by atoms with Crippen molar-refractivity contribution in [1.29, 1.82) is 0 Å². The first-order valence-electron chi connectivity index (χ1n) is 13.1. The number of nitrogens with zero attached hydrogens (tertiary/aromatic N) is 1. The molecule has 2 N–H and O–H groups in total. The highest BCUT2D eigenvalue weighted by molar-refractivity contribution is 6.09. The van der Waals surface area contributed by atoms with Gasteiger partial charge in [0.2, 0.25) is 0 Å². The van der Waals surface area contributed by atoms with Crippen molar-refractivity contribution < 1.29 is 18.0 Å². The van der Waals surface area contributed by atoms with Gasteiger partial charge in [0.25, 0.3) is 5.91 Å². The summed E-state index contributed by atoms with van der Waals surface area (Å²) < 4.78 is 39.2. The van der Waals surface area contributed by atoms with Crippen LogP contribution in [0.1, 0.15) is 51.1 Å². The number of rotatable bonds is 6. The van der Waals surface area contributed by atoms with Crippen molar-refractivity contribution >= 4 is 11.6 Å². The number of nitrogens with one attached hydrogen (secondary N) is 2. The second-order valence-corrected chi connectivity index (χ2v) is 9.99. The van der Waals surface area contributed by atoms with Crippen LogP contribution in [-0.4, -0.2) is 16.9 Å². The molecular formula is C32H30F3N3O. The topological polar surface area (TPSA) is 54.0 Å². The van der Waals surface area contributed by atoms with Gasteiger partial charge in [-0.2, -0.15) is 13.2 Å². The van der Waals surface area contributed by atoms with Crippen LogP contribution in [0.25, 0.3) is 11.1 Å². The molecule has 1 aromatic heterocycles. The number of hydrogen-bond donors (Lipinski definition) is 2. The molecule has 1 aliphatic carbocycles. The smallest absolute Gasteiger partial charge is 0.322 e. The summed E-state index contributed by atoms with van der Waals surface area (Å²) in [5, 5.41) is 6.64. The maximum Gasteiger partial charge on any atom is 0.416 e. The van der Waals surface area contributed by atoms with Crippen LogP contribution in [0.15, 0.2) is 85.1 Å². The predicted molar refractivity (Wildman–Crippen MR) is 148 cm³/mol. The van der Waals surface area contributed by atoms with Crippen LogP contribution in [0.5, 0.6) is 0 Å². The van der Waals surface area contributed by atoms with Gasteiger partial charge in [0.15, 0.2) is 0 Å². The minimum Gasteiger partial charge on any atom is -0.322 e. The fourth-order valence-corrected chi connectivity index (χ4v) is 5.20. The van der Waals surface area contributed by atoms with Gasteiger partial charge in [-0.1, -0.05) is 36.4 Å². The number of aromatic nitrogens is 1. The highest BCUT2D eigenvalue weighted by Crippen LogP contribution is 2.33. The summed E-state index contributed by atoms with van der Waals surface area (Å²) in [5.41, 5.74) is 5.95. The first kappa shape index (κ1) is 26.6. The van der Waals surface area contributed by atoms with Gasteiger partial charge in [-0.05, 0) is 103 Å². The van der Waals surface area contributed by atoms with Crippen LogP contribution < -0.4 is 10.6 Å². The lowest BCUT2D eigenvalue weighted by molar-refractivity contribution is -0.137. The Kier molecular flexibility index (Phi) is 7.79. The van der Waals surface area contributed by atoms with E-state index in [2.05, 4.69) is 21.7 Å². The number of halogens is 3. The zero-order chi connectivity index (χ0) is 27.4. The van der Waals surface area contributed by atoms with E-state index < -0.39 is 11.7 Å². The number of pyridine rings is 1. The lowest BCUT2D eigenvalue weighted by Crippen LogP contribution is -2.29. The van der Waals surface area contributed by atoms with Gasteiger partial charge in [0.1, 0.15) is 0 Å². The number of fused-ring (bicyclic) bond motifs is 1. The van der Waals surface area contributed by atoms with Crippen LogP contribution in [0.2, 0.25) is 0 Å². The van der Waals surface area contributed by atoms with E-state index in [9.17, 15) is 18.0 Å². The molecule has 4 aromatic rings. The van der Waals surface area contributed by atoms with E-state index in [1.165, 1.54) is 23.3 Å². The van der Waals surface area contributed by atoms with E-state index in [1.54, 1.807) is 18.3 Å². The third-order valence-electron chi connectivity index (χ3n) is 7.30. The van der Waals surface area contributed by atoms with Crippen molar-refractivity contribution in [2.24, 2.45) is 0 Å². The lowest BCUT2D eigenvalue weighted by atomic mass is 9.93. The van der Waals surface area contributed by atoms with Gasteiger partial charge in [-0.3, -0.25) is 9.78 Å². The maximum atomic E-state index is 13.4. The molecule has 1 amide bonds. The number of anilines is 1. The molecule has 0 aliphatic heterocycles. The van der Waals surface area contributed by atoms with Gasteiger partial charge >= 0.3 is 6.18 Å². The Morgan fingerprint density at radius 2 is 1.69 bits per heavy atom. The Morgan fingerprint density at radius 1 is 0.923 bits per heavy atom. The number of benzene rings is 3. The summed E-state index contributed by atoms with van der Waals surface area (Å²) >= 11 is 0. The third kappa shape index (κ3) is 6.37. The molecule has 0 radical (unpaired) electrons. The number of alkyl halides is 3. The van der Waals surface area contributed by atoms with Crippen molar-refractivity contribution in [2.45, 2.75) is 51.4 Å². The highest BCUT2D eigenvalue weighted by atomic mass is 19.4. The quantitative estimate of drug-likeness (QED) is 0.257. The van der Waals surface area contributed by atoms with E-state index in [-0.39, 0.29) is 5.91 Å². The number of carbonyl (C=O) groups excluding carboxylic acids is 1. The molecule has 3 aromatic carbocycles. The van der Waals surface area contributed by atoms with E-state index in [4.69, 9.17) is 0 Å². The van der Waals surface area contributed by atoms with Gasteiger partial charge in [-0.15, -0.1) is 0 Å². The molecule has 0 bridgehead atoms. The van der Waals surface area contributed by atoms with Crippen LogP contribution in [0, 0.1) is 6.92 Å². The Balaban J connectivity index is 1.29. The van der Waals surface area contributed by atoms with Crippen LogP contribution >= 0.6 is 0 Å². The van der Waals surface area contributed by atoms with Gasteiger partial charge < -0.3 is 10.6 Å². The average Bonchev–Trinajstić information content (AvgIpc) is 3.14. The molecule has 0 spiro atoms. The zero-order valence-corrected chi connectivity index (χ0v) is 21.7. The molecule has 0 saturated heterocycles. The molecular weight excluding hydrogens is 499 g/mol. The largest absolute Gasteiger partial charge is 0.416 e. The minimum atomic E-state index is -4.41. The summed E-state index contributed by atoms with van der Waals surface area (Å²) in [6, 6.07) is 22.6. The highest BCUT2D eigenvalue weighted by Gasteiger charge is 2.30. The number of carbonyl (C=O) groups is 1. The van der Waals surface area contributed by atoms with Crippen molar-refractivity contribution in [3.05, 3.63) is 119 Å². The van der Waals surface area contributed by atoms with Crippen molar-refractivity contribution in [1.82, 2.24) is 10.3 Å². The van der Waals surface area contributed by atoms with Crippen molar-refractivity contribution in [2.75, 3.05) is 5.32 Å². The molecule has 0 saturated carbocycles. The van der Waals surface area contributed by atoms with Gasteiger partial charge in [0.05, 0.1) is 11.3 Å². The van der Waals surface area contributed by atoms with E-state index in [0.29, 0.717) is 28.4 Å². The van der Waals surface area contributed by atoms with Crippen LogP contribution in [-0.2, 0) is 25.6 Å². The Labute approximate surface area is 226 Å². The SMILES string of the molecule is Cc1cccc(C(=O)Nc2ccc3c(c2)CCC(NCc2ccccn2)CC3)c1-c1ccc(C(F)(F)F)cc1. The molecule has 200 valence electrons. The molecule has 1 aliphatic rings. The van der Waals surface area contributed by atoms with Crippen molar-refractivity contribution in [3.63, 3.8) is 0 Å². The summed E-state index contributed by atoms with van der Waals surface area (Å²) in [7, 11) is 0. The second kappa shape index (κ2) is 11.4. The van der Waals surface area contributed by atoms with Gasteiger partial charge in [0, 0.05) is 30.0 Å². The summed E-state index contributed by atoms with van der Waals surface area (Å²) in [6.07, 6.45) is 1.28. The zero-order valence-electron chi connectivity index (χ0n) is 21.7. The molecule has 1 unspecified atom stereocenters. The van der Waals surface area contributed by atoms with Crippen molar-refractivity contribution in [3.8, 4) is 11.1 Å². The number of aryl methyl sites for hydroxylation is 3. The number of amides is 1. The molecule has 1 heterocycles. The van der Waals surface area contributed by atoms with Crippen LogP contribution in [0.4, 0.5) is 18.9 Å². The third-order valence-corrected chi connectivity index (χ3v) is 7.30. The average molecular weight is 530 g/mol. The molecule has 5 rings (SSSR count). The molecule has 4 nitrogen and oxygen atoms in total. The molecule has 1 atom stereocenters. The summed E-state index contributed by atoms with van der Waals surface area (Å²) in [6.45, 7) is 2.59. The van der Waals surface area contributed by atoms with E-state index in [0.717, 1.165) is 55.6 Å². The first-order chi connectivity index (χ1) is 18.8. The summed E-state index contributed by atoms with van der Waals surface area (Å²) in [4.78, 5) is 17.8. The maximum absolute atomic E-state index is 13.4.